The molecule has 0 aliphatic carbocycles. The fourth-order valence-electron chi connectivity index (χ4n) is 3.44. The lowest BCUT2D eigenvalue weighted by molar-refractivity contribution is -0.119. The van der Waals surface area contributed by atoms with Gasteiger partial charge in [0.25, 0.3) is 0 Å². The third kappa shape index (κ3) is 6.82. The van der Waals surface area contributed by atoms with E-state index in [1.54, 1.807) is 7.05 Å². The number of anilines is 1. The van der Waals surface area contributed by atoms with E-state index in [2.05, 4.69) is 41.6 Å². The van der Waals surface area contributed by atoms with Gasteiger partial charge in [-0.3, -0.25) is 9.79 Å². The summed E-state index contributed by atoms with van der Waals surface area (Å²) in [6.07, 6.45) is 3.96. The first-order valence-corrected chi connectivity index (χ1v) is 10.5. The average Bonchev–Trinajstić information content (AvgIpc) is 2.70. The van der Waals surface area contributed by atoms with Crippen LogP contribution in [0.5, 0.6) is 0 Å². The number of piperidine rings is 1. The number of aliphatic imine (C=N–C) groups is 1. The normalized spacial score (nSPS) is 16.4. The van der Waals surface area contributed by atoms with Gasteiger partial charge in [0.2, 0.25) is 5.91 Å². The molecule has 1 saturated heterocycles. The van der Waals surface area contributed by atoms with Crippen molar-refractivity contribution in [3.8, 4) is 0 Å². The van der Waals surface area contributed by atoms with Crippen LogP contribution in [0.15, 0.2) is 29.3 Å². The Bertz CT molecular complexity index is 628. The Labute approximate surface area is 169 Å². The van der Waals surface area contributed by atoms with Crippen molar-refractivity contribution in [3.63, 3.8) is 0 Å². The molecule has 1 atom stereocenters. The van der Waals surface area contributed by atoms with Crippen LogP contribution in [0.3, 0.4) is 0 Å². The smallest absolute Gasteiger partial charge is 0.226 e. The summed E-state index contributed by atoms with van der Waals surface area (Å²) in [5.74, 6) is 1.52. The molecule has 156 valence electrons. The second-order valence-corrected chi connectivity index (χ2v) is 7.55. The Morgan fingerprint density at radius 2 is 1.96 bits per heavy atom. The summed E-state index contributed by atoms with van der Waals surface area (Å²) < 4.78 is 5.79. The molecule has 1 aliphatic rings. The van der Waals surface area contributed by atoms with Gasteiger partial charge in [-0.25, -0.2) is 0 Å². The lowest BCUT2D eigenvalue weighted by Crippen LogP contribution is -2.39. The Kier molecular flexibility index (Phi) is 9.28. The molecule has 28 heavy (non-hydrogen) atoms. The Morgan fingerprint density at radius 1 is 1.21 bits per heavy atom. The fourth-order valence-corrected chi connectivity index (χ4v) is 3.44. The molecule has 1 heterocycles. The van der Waals surface area contributed by atoms with Gasteiger partial charge in [0.05, 0.1) is 6.10 Å². The van der Waals surface area contributed by atoms with Crippen LogP contribution in [0.2, 0.25) is 0 Å². The molecule has 1 fully saturated rings. The minimum Gasteiger partial charge on any atom is -0.378 e. The third-order valence-electron chi connectivity index (χ3n) is 5.10. The highest BCUT2D eigenvalue weighted by molar-refractivity contribution is 5.93. The molecular formula is C22H36N4O2. The highest BCUT2D eigenvalue weighted by Gasteiger charge is 2.19. The number of hydrogen-bond acceptors (Lipinski definition) is 3. The zero-order valence-corrected chi connectivity index (χ0v) is 17.8. The second-order valence-electron chi connectivity index (χ2n) is 7.55. The minimum atomic E-state index is 0.230. The molecule has 2 rings (SSSR count). The van der Waals surface area contributed by atoms with Gasteiger partial charge in [-0.1, -0.05) is 26.0 Å². The van der Waals surface area contributed by atoms with Gasteiger partial charge in [-0.2, -0.15) is 0 Å². The van der Waals surface area contributed by atoms with E-state index < -0.39 is 0 Å². The molecule has 0 saturated carbocycles. The second kappa shape index (κ2) is 11.7. The highest BCUT2D eigenvalue weighted by Crippen LogP contribution is 2.21. The van der Waals surface area contributed by atoms with Crippen LogP contribution in [0, 0.1) is 5.92 Å². The number of carbonyl (C=O) groups excluding carboxylic acids is 1. The van der Waals surface area contributed by atoms with E-state index in [1.807, 2.05) is 24.0 Å². The molecule has 1 amide bonds. The van der Waals surface area contributed by atoms with Crippen LogP contribution in [0.25, 0.3) is 0 Å². The summed E-state index contributed by atoms with van der Waals surface area (Å²) in [7, 11) is 1.78. The summed E-state index contributed by atoms with van der Waals surface area (Å²) in [6.45, 7) is 9.49. The molecule has 0 radical (unpaired) electrons. The molecule has 6 heteroatoms. The van der Waals surface area contributed by atoms with Gasteiger partial charge in [-0.05, 0) is 49.8 Å². The zero-order valence-electron chi connectivity index (χ0n) is 17.8. The van der Waals surface area contributed by atoms with Crippen LogP contribution in [-0.4, -0.2) is 44.7 Å². The van der Waals surface area contributed by atoms with Gasteiger partial charge in [0.15, 0.2) is 5.96 Å². The van der Waals surface area contributed by atoms with Gasteiger partial charge in [0.1, 0.15) is 0 Å². The van der Waals surface area contributed by atoms with Gasteiger partial charge in [0, 0.05) is 45.4 Å². The molecule has 1 aliphatic heterocycles. The maximum atomic E-state index is 12.0. The topological polar surface area (TPSA) is 66.0 Å². The molecule has 1 aromatic rings. The van der Waals surface area contributed by atoms with Crippen molar-refractivity contribution in [2.45, 2.75) is 59.1 Å². The molecule has 0 spiro atoms. The first-order valence-electron chi connectivity index (χ1n) is 10.5. The van der Waals surface area contributed by atoms with Crippen molar-refractivity contribution in [1.29, 1.82) is 0 Å². The lowest BCUT2D eigenvalue weighted by Gasteiger charge is -2.27. The van der Waals surface area contributed by atoms with Crippen LogP contribution in [0.1, 0.15) is 52.0 Å². The highest BCUT2D eigenvalue weighted by atomic mass is 16.5. The molecule has 1 aromatic carbocycles. The number of nitrogens with one attached hydrogen (secondary N) is 2. The number of carbonyl (C=O) groups is 1. The summed E-state index contributed by atoms with van der Waals surface area (Å²) in [5, 5.41) is 6.70. The monoisotopic (exact) mass is 388 g/mol. The van der Waals surface area contributed by atoms with E-state index in [-0.39, 0.29) is 12.0 Å². The van der Waals surface area contributed by atoms with Gasteiger partial charge in [-0.15, -0.1) is 0 Å². The van der Waals surface area contributed by atoms with E-state index in [9.17, 15) is 4.79 Å². The molecule has 6 nitrogen and oxygen atoms in total. The maximum Gasteiger partial charge on any atom is 0.226 e. The van der Waals surface area contributed by atoms with Crippen molar-refractivity contribution in [2.75, 3.05) is 31.6 Å². The number of nitrogens with zero attached hydrogens (tertiary/aromatic N) is 2. The van der Waals surface area contributed by atoms with Crippen LogP contribution in [0.4, 0.5) is 5.69 Å². The van der Waals surface area contributed by atoms with E-state index in [1.165, 1.54) is 0 Å². The zero-order chi connectivity index (χ0) is 20.4. The van der Waals surface area contributed by atoms with Crippen molar-refractivity contribution in [2.24, 2.45) is 10.9 Å². The number of hydrogen-bond donors (Lipinski definition) is 2. The van der Waals surface area contributed by atoms with Crippen molar-refractivity contribution >= 4 is 17.6 Å². The van der Waals surface area contributed by atoms with Crippen molar-refractivity contribution < 1.29 is 9.53 Å². The summed E-state index contributed by atoms with van der Waals surface area (Å²) in [6, 6.07) is 8.21. The quantitative estimate of drug-likeness (QED) is 0.503. The van der Waals surface area contributed by atoms with E-state index in [0.29, 0.717) is 18.9 Å². The predicted octanol–water partition coefficient (Wildman–Crippen LogP) is 3.32. The van der Waals surface area contributed by atoms with Crippen molar-refractivity contribution in [3.05, 3.63) is 29.8 Å². The number of rotatable bonds is 9. The Balaban J connectivity index is 1.79. The largest absolute Gasteiger partial charge is 0.378 e. The summed E-state index contributed by atoms with van der Waals surface area (Å²) in [4.78, 5) is 18.2. The lowest BCUT2D eigenvalue weighted by atomic mass is 10.0. The third-order valence-corrected chi connectivity index (χ3v) is 5.10. The molecular weight excluding hydrogens is 352 g/mol. The van der Waals surface area contributed by atoms with Crippen LogP contribution >= 0.6 is 0 Å². The number of ether oxygens (including phenoxy) is 1. The first kappa shape index (κ1) is 22.2. The summed E-state index contributed by atoms with van der Waals surface area (Å²) in [5.41, 5.74) is 2.15. The summed E-state index contributed by atoms with van der Waals surface area (Å²) >= 11 is 0. The fraction of sp³-hybridized carbons (Fsp3) is 0.636. The van der Waals surface area contributed by atoms with Crippen LogP contribution in [-0.2, 0) is 16.1 Å². The van der Waals surface area contributed by atoms with Gasteiger partial charge < -0.3 is 20.3 Å². The molecule has 1 unspecified atom stereocenters. The number of amides is 1. The Morgan fingerprint density at radius 3 is 2.57 bits per heavy atom. The molecule has 2 N–H and O–H groups in total. The maximum absolute atomic E-state index is 12.0. The van der Waals surface area contributed by atoms with E-state index in [0.717, 1.165) is 56.2 Å². The van der Waals surface area contributed by atoms with Gasteiger partial charge >= 0.3 is 0 Å². The number of benzene rings is 1. The first-order chi connectivity index (χ1) is 13.5. The average molecular weight is 389 g/mol. The SMILES string of the molecule is CCOC(CCNC(=NC)NCc1ccc(N2CCCCC2=O)cc1)C(C)C. The van der Waals surface area contributed by atoms with Crippen molar-refractivity contribution in [1.82, 2.24) is 10.6 Å². The van der Waals surface area contributed by atoms with E-state index >= 15 is 0 Å². The predicted molar refractivity (Wildman–Crippen MR) is 116 cm³/mol. The molecule has 0 bridgehead atoms. The standard InChI is InChI=1S/C22H36N4O2/c1-5-28-20(17(2)3)13-14-24-22(23-4)25-16-18-9-11-19(12-10-18)26-15-7-6-8-21(26)27/h9-12,17,20H,5-8,13-16H2,1-4H3,(H2,23,24,25). The number of guanidine groups is 1. The Hall–Kier alpha value is -2.08. The minimum absolute atomic E-state index is 0.230. The molecule has 0 aromatic heterocycles. The van der Waals surface area contributed by atoms with E-state index in [4.69, 9.17) is 4.74 Å². The van der Waals surface area contributed by atoms with Crippen LogP contribution < -0.4 is 15.5 Å².